The fourth-order valence-corrected chi connectivity index (χ4v) is 3.58. The van der Waals surface area contributed by atoms with Gasteiger partial charge in [-0.2, -0.15) is 5.10 Å². The zero-order chi connectivity index (χ0) is 18.2. The summed E-state index contributed by atoms with van der Waals surface area (Å²) >= 11 is 6.13. The lowest BCUT2D eigenvalue weighted by molar-refractivity contribution is 1.08. The van der Waals surface area contributed by atoms with Crippen LogP contribution in [0.2, 0.25) is 5.02 Å². The first-order valence-electron chi connectivity index (χ1n) is 8.76. The van der Waals surface area contributed by atoms with Crippen molar-refractivity contribution in [2.45, 2.75) is 0 Å². The minimum absolute atomic E-state index is 0.749. The molecule has 27 heavy (non-hydrogen) atoms. The molecule has 0 bridgehead atoms. The summed E-state index contributed by atoms with van der Waals surface area (Å²) in [7, 11) is 0. The van der Waals surface area contributed by atoms with Gasteiger partial charge in [-0.3, -0.25) is 5.10 Å². The average Bonchev–Trinajstić information content (AvgIpc) is 3.30. The molecule has 5 aromatic rings. The second-order valence-corrected chi connectivity index (χ2v) is 6.92. The van der Waals surface area contributed by atoms with Gasteiger partial charge in [0.15, 0.2) is 0 Å². The predicted molar refractivity (Wildman–Crippen MR) is 113 cm³/mol. The molecule has 0 aliphatic heterocycles. The Hall–Kier alpha value is -3.30. The van der Waals surface area contributed by atoms with Gasteiger partial charge < -0.3 is 4.57 Å². The maximum atomic E-state index is 6.13. The van der Waals surface area contributed by atoms with E-state index in [9.17, 15) is 0 Å². The Morgan fingerprint density at radius 1 is 0.852 bits per heavy atom. The van der Waals surface area contributed by atoms with Crippen molar-refractivity contribution < 1.29 is 0 Å². The second-order valence-electron chi connectivity index (χ2n) is 6.49. The van der Waals surface area contributed by atoms with Crippen LogP contribution in [0.25, 0.3) is 39.5 Å². The molecule has 2 aromatic heterocycles. The highest BCUT2D eigenvalue weighted by Crippen LogP contribution is 2.25. The Balaban J connectivity index is 1.57. The van der Waals surface area contributed by atoms with Crippen molar-refractivity contribution in [3.63, 3.8) is 0 Å². The molecule has 3 aromatic carbocycles. The van der Waals surface area contributed by atoms with E-state index in [1.54, 1.807) is 0 Å². The van der Waals surface area contributed by atoms with Gasteiger partial charge in [0.05, 0.1) is 16.9 Å². The van der Waals surface area contributed by atoms with Crippen LogP contribution in [0.15, 0.2) is 79.1 Å². The number of nitrogens with zero attached hydrogens (tertiary/aromatic N) is 2. The Labute approximate surface area is 161 Å². The number of aromatic amines is 1. The van der Waals surface area contributed by atoms with Gasteiger partial charge >= 0.3 is 0 Å². The highest BCUT2D eigenvalue weighted by atomic mass is 35.5. The number of aromatic nitrogens is 3. The maximum absolute atomic E-state index is 6.13. The van der Waals surface area contributed by atoms with E-state index < -0.39 is 0 Å². The molecule has 0 saturated heterocycles. The minimum atomic E-state index is 0.749. The van der Waals surface area contributed by atoms with Gasteiger partial charge in [-0.1, -0.05) is 60.1 Å². The molecule has 5 rings (SSSR count). The normalized spacial score (nSPS) is 11.7. The first-order chi connectivity index (χ1) is 13.3. The van der Waals surface area contributed by atoms with Crippen LogP contribution in [0.1, 0.15) is 11.3 Å². The number of hydrogen-bond acceptors (Lipinski definition) is 1. The number of hydrogen-bond donors (Lipinski definition) is 1. The third kappa shape index (κ3) is 2.92. The monoisotopic (exact) mass is 369 g/mol. The van der Waals surface area contributed by atoms with Crippen molar-refractivity contribution in [3.05, 3.63) is 95.4 Å². The molecule has 130 valence electrons. The average molecular weight is 370 g/mol. The Bertz CT molecular complexity index is 1290. The van der Waals surface area contributed by atoms with E-state index >= 15 is 0 Å². The lowest BCUT2D eigenvalue weighted by Gasteiger charge is -2.07. The first kappa shape index (κ1) is 15.9. The van der Waals surface area contributed by atoms with Gasteiger partial charge in [-0.25, -0.2) is 0 Å². The topological polar surface area (TPSA) is 33.6 Å². The summed E-state index contributed by atoms with van der Waals surface area (Å²) in [4.78, 5) is 0. The number of benzene rings is 3. The number of halogens is 1. The van der Waals surface area contributed by atoms with Gasteiger partial charge in [0.2, 0.25) is 0 Å². The van der Waals surface area contributed by atoms with E-state index in [-0.39, 0.29) is 0 Å². The van der Waals surface area contributed by atoms with Gasteiger partial charge in [-0.05, 0) is 41.3 Å². The van der Waals surface area contributed by atoms with Crippen molar-refractivity contribution in [1.82, 2.24) is 14.8 Å². The molecule has 0 unspecified atom stereocenters. The van der Waals surface area contributed by atoms with E-state index in [0.717, 1.165) is 43.6 Å². The van der Waals surface area contributed by atoms with Crippen LogP contribution in [-0.2, 0) is 0 Å². The molecule has 0 saturated carbocycles. The molecule has 0 fully saturated rings. The molecule has 0 atom stereocenters. The lowest BCUT2D eigenvalue weighted by atomic mass is 10.1. The molecule has 0 amide bonds. The van der Waals surface area contributed by atoms with Gasteiger partial charge in [0.1, 0.15) is 0 Å². The molecule has 0 aliphatic carbocycles. The molecular formula is C23H16ClN3. The van der Waals surface area contributed by atoms with Crippen molar-refractivity contribution in [2.75, 3.05) is 0 Å². The van der Waals surface area contributed by atoms with Gasteiger partial charge in [0, 0.05) is 28.2 Å². The van der Waals surface area contributed by atoms with E-state index in [1.807, 2.05) is 48.5 Å². The van der Waals surface area contributed by atoms with Crippen molar-refractivity contribution >= 4 is 45.4 Å². The van der Waals surface area contributed by atoms with E-state index in [0.29, 0.717) is 0 Å². The third-order valence-corrected chi connectivity index (χ3v) is 4.98. The highest BCUT2D eigenvalue weighted by molar-refractivity contribution is 6.31. The van der Waals surface area contributed by atoms with Crippen molar-refractivity contribution in [3.8, 4) is 5.69 Å². The lowest BCUT2D eigenvalue weighted by Crippen LogP contribution is -1.92. The van der Waals surface area contributed by atoms with Crippen molar-refractivity contribution in [2.24, 2.45) is 0 Å². The SMILES string of the molecule is Clc1ccc2cn(-c3ccccc3/C=C/c3n[nH]c4ccccc34)cc2c1. The van der Waals surface area contributed by atoms with E-state index in [1.165, 1.54) is 0 Å². The van der Waals surface area contributed by atoms with Crippen LogP contribution in [0, 0.1) is 0 Å². The van der Waals surface area contributed by atoms with Gasteiger partial charge in [0.25, 0.3) is 0 Å². The third-order valence-electron chi connectivity index (χ3n) is 4.74. The van der Waals surface area contributed by atoms with Crippen LogP contribution in [0.4, 0.5) is 0 Å². The summed E-state index contributed by atoms with van der Waals surface area (Å²) in [6.07, 6.45) is 8.40. The number of fused-ring (bicyclic) bond motifs is 2. The summed E-state index contributed by atoms with van der Waals surface area (Å²) in [6, 6.07) is 22.4. The molecule has 0 radical (unpaired) electrons. The van der Waals surface area contributed by atoms with Crippen molar-refractivity contribution in [1.29, 1.82) is 0 Å². The number of para-hydroxylation sites is 2. The highest BCUT2D eigenvalue weighted by Gasteiger charge is 2.06. The summed E-state index contributed by atoms with van der Waals surface area (Å²) in [5.74, 6) is 0. The molecule has 3 nitrogen and oxygen atoms in total. The van der Waals surface area contributed by atoms with Gasteiger partial charge in [-0.15, -0.1) is 0 Å². The van der Waals surface area contributed by atoms with Crippen LogP contribution >= 0.6 is 11.6 Å². The number of nitrogens with one attached hydrogen (secondary N) is 1. The molecule has 2 heterocycles. The quantitative estimate of drug-likeness (QED) is 0.396. The molecule has 0 spiro atoms. The Morgan fingerprint density at radius 2 is 1.67 bits per heavy atom. The van der Waals surface area contributed by atoms with E-state index in [4.69, 9.17) is 11.6 Å². The summed E-state index contributed by atoms with van der Waals surface area (Å²) in [5, 5.41) is 11.7. The predicted octanol–water partition coefficient (Wildman–Crippen LogP) is 6.33. The largest absolute Gasteiger partial charge is 0.322 e. The number of rotatable bonds is 3. The molecule has 0 aliphatic rings. The maximum Gasteiger partial charge on any atom is 0.0927 e. The van der Waals surface area contributed by atoms with E-state index in [2.05, 4.69) is 57.5 Å². The Morgan fingerprint density at radius 3 is 2.63 bits per heavy atom. The fraction of sp³-hybridized carbons (Fsp3) is 0. The smallest absolute Gasteiger partial charge is 0.0927 e. The first-order valence-corrected chi connectivity index (χ1v) is 9.13. The Kier molecular flexibility index (Phi) is 3.80. The standard InChI is InChI=1S/C23H16ClN3/c24-19-11-9-17-14-27(15-18(17)13-19)23-8-4-1-5-16(23)10-12-22-20-6-2-3-7-21(20)25-26-22/h1-15H,(H,25,26)/b12-10+. The molecule has 1 N–H and O–H groups in total. The van der Waals surface area contributed by atoms with Crippen LogP contribution in [0.5, 0.6) is 0 Å². The number of H-pyrrole nitrogens is 1. The fourth-order valence-electron chi connectivity index (χ4n) is 3.40. The van der Waals surface area contributed by atoms with Crippen LogP contribution < -0.4 is 0 Å². The second kappa shape index (κ2) is 6.45. The van der Waals surface area contributed by atoms with Crippen LogP contribution in [-0.4, -0.2) is 14.8 Å². The molecule has 4 heteroatoms. The zero-order valence-corrected chi connectivity index (χ0v) is 15.2. The summed E-state index contributed by atoms with van der Waals surface area (Å²) in [6.45, 7) is 0. The summed E-state index contributed by atoms with van der Waals surface area (Å²) < 4.78 is 2.14. The summed E-state index contributed by atoms with van der Waals surface area (Å²) in [5.41, 5.74) is 4.21. The zero-order valence-electron chi connectivity index (χ0n) is 14.4. The molecular weight excluding hydrogens is 354 g/mol. The van der Waals surface area contributed by atoms with Crippen LogP contribution in [0.3, 0.4) is 0 Å². The minimum Gasteiger partial charge on any atom is -0.322 e.